The normalized spacial score (nSPS) is 14.1. The van der Waals surface area contributed by atoms with E-state index >= 15 is 0 Å². The van der Waals surface area contributed by atoms with Crippen LogP contribution in [0.5, 0.6) is 5.75 Å². The Balaban J connectivity index is 1.62. The predicted molar refractivity (Wildman–Crippen MR) is 109 cm³/mol. The second-order valence-corrected chi connectivity index (χ2v) is 6.66. The first kappa shape index (κ1) is 19.0. The number of rotatable bonds is 7. The fraction of sp³-hybridized carbons (Fsp3) is 0.429. The molecule has 144 valence electrons. The number of benzene rings is 1. The molecule has 3 rings (SSSR count). The Morgan fingerprint density at radius 2 is 1.89 bits per heavy atom. The van der Waals surface area contributed by atoms with Crippen molar-refractivity contribution in [1.82, 2.24) is 10.3 Å². The van der Waals surface area contributed by atoms with Gasteiger partial charge in [0.2, 0.25) is 0 Å². The first-order chi connectivity index (χ1) is 13.2. The number of ether oxygens (including phenoxy) is 1. The van der Waals surface area contributed by atoms with E-state index in [1.54, 1.807) is 19.4 Å². The number of nitrogens with one attached hydrogen (secondary N) is 1. The van der Waals surface area contributed by atoms with Crippen LogP contribution in [-0.4, -0.2) is 50.7 Å². The maximum atomic E-state index is 12.3. The van der Waals surface area contributed by atoms with Crippen molar-refractivity contribution in [3.63, 3.8) is 0 Å². The molecule has 1 aliphatic heterocycles. The van der Waals surface area contributed by atoms with Gasteiger partial charge in [0.1, 0.15) is 11.6 Å². The smallest absolute Gasteiger partial charge is 0.251 e. The molecule has 0 unspecified atom stereocenters. The average molecular weight is 368 g/mol. The van der Waals surface area contributed by atoms with Gasteiger partial charge in [0, 0.05) is 44.5 Å². The van der Waals surface area contributed by atoms with E-state index in [1.165, 1.54) is 0 Å². The van der Waals surface area contributed by atoms with E-state index < -0.39 is 0 Å². The van der Waals surface area contributed by atoms with Crippen LogP contribution in [0, 0.1) is 0 Å². The van der Waals surface area contributed by atoms with Crippen LogP contribution in [0.4, 0.5) is 11.5 Å². The van der Waals surface area contributed by atoms with Crippen LogP contribution >= 0.6 is 0 Å². The van der Waals surface area contributed by atoms with Crippen LogP contribution in [0.15, 0.2) is 42.6 Å². The number of nitrogens with zero attached hydrogens (tertiary/aromatic N) is 3. The summed E-state index contributed by atoms with van der Waals surface area (Å²) in [5, 5.41) is 2.96. The van der Waals surface area contributed by atoms with Gasteiger partial charge in [-0.05, 0) is 30.7 Å². The summed E-state index contributed by atoms with van der Waals surface area (Å²) in [4.78, 5) is 21.3. The summed E-state index contributed by atoms with van der Waals surface area (Å²) >= 11 is 0. The van der Waals surface area contributed by atoms with Crippen LogP contribution in [0.1, 0.15) is 30.1 Å². The fourth-order valence-electron chi connectivity index (χ4n) is 3.28. The highest BCUT2D eigenvalue weighted by atomic mass is 16.5. The Kier molecular flexibility index (Phi) is 6.52. The van der Waals surface area contributed by atoms with Crippen molar-refractivity contribution in [1.29, 1.82) is 0 Å². The van der Waals surface area contributed by atoms with E-state index in [4.69, 9.17) is 4.74 Å². The minimum atomic E-state index is -0.0280. The molecule has 6 nitrogen and oxygen atoms in total. The van der Waals surface area contributed by atoms with Gasteiger partial charge in [-0.1, -0.05) is 25.5 Å². The molecule has 0 saturated carbocycles. The molecular weight excluding hydrogens is 340 g/mol. The Bertz CT molecular complexity index is 757. The topological polar surface area (TPSA) is 57.7 Å². The summed E-state index contributed by atoms with van der Waals surface area (Å²) in [6.07, 6.45) is 3.78. The van der Waals surface area contributed by atoms with Gasteiger partial charge in [-0.25, -0.2) is 4.98 Å². The van der Waals surface area contributed by atoms with E-state index in [2.05, 4.69) is 33.1 Å². The number of aromatic nitrogens is 1. The summed E-state index contributed by atoms with van der Waals surface area (Å²) < 4.78 is 5.48. The van der Waals surface area contributed by atoms with Crippen molar-refractivity contribution < 1.29 is 9.53 Å². The number of carbonyl (C=O) groups is 1. The minimum Gasteiger partial charge on any atom is -0.495 e. The van der Waals surface area contributed by atoms with Gasteiger partial charge in [0.15, 0.2) is 0 Å². The number of unbranched alkanes of at least 4 members (excludes halogenated alkanes) is 1. The van der Waals surface area contributed by atoms with Crippen molar-refractivity contribution in [2.24, 2.45) is 0 Å². The SMILES string of the molecule is CCCCNC(=O)c1ccnc(N2CCN(c3ccccc3OC)CC2)c1. The van der Waals surface area contributed by atoms with Gasteiger partial charge in [-0.2, -0.15) is 0 Å². The number of methoxy groups -OCH3 is 1. The molecule has 6 heteroatoms. The van der Waals surface area contributed by atoms with Crippen molar-refractivity contribution in [2.75, 3.05) is 49.6 Å². The third-order valence-electron chi connectivity index (χ3n) is 4.85. The molecule has 0 radical (unpaired) electrons. The Labute approximate surface area is 161 Å². The van der Waals surface area contributed by atoms with Gasteiger partial charge in [-0.3, -0.25) is 4.79 Å². The van der Waals surface area contributed by atoms with E-state index in [0.717, 1.165) is 56.3 Å². The molecule has 1 aromatic carbocycles. The third-order valence-corrected chi connectivity index (χ3v) is 4.85. The van der Waals surface area contributed by atoms with Crippen LogP contribution in [0.25, 0.3) is 0 Å². The van der Waals surface area contributed by atoms with E-state index in [-0.39, 0.29) is 5.91 Å². The Hall–Kier alpha value is -2.76. The summed E-state index contributed by atoms with van der Waals surface area (Å²) in [6, 6.07) is 11.8. The number of anilines is 2. The van der Waals surface area contributed by atoms with Gasteiger partial charge in [-0.15, -0.1) is 0 Å². The Morgan fingerprint density at radius 1 is 1.15 bits per heavy atom. The monoisotopic (exact) mass is 368 g/mol. The maximum absolute atomic E-state index is 12.3. The first-order valence-electron chi connectivity index (χ1n) is 9.60. The number of hydrogen-bond acceptors (Lipinski definition) is 5. The number of piperazine rings is 1. The molecule has 1 amide bonds. The largest absolute Gasteiger partial charge is 0.495 e. The zero-order valence-electron chi connectivity index (χ0n) is 16.1. The lowest BCUT2D eigenvalue weighted by atomic mass is 10.2. The van der Waals surface area contributed by atoms with Crippen molar-refractivity contribution in [3.05, 3.63) is 48.2 Å². The average Bonchev–Trinajstić information content (AvgIpc) is 2.74. The summed E-state index contributed by atoms with van der Waals surface area (Å²) in [5.41, 5.74) is 1.79. The molecule has 1 N–H and O–H groups in total. The summed E-state index contributed by atoms with van der Waals surface area (Å²) in [5.74, 6) is 1.73. The second kappa shape index (κ2) is 9.26. The quantitative estimate of drug-likeness (QED) is 0.762. The van der Waals surface area contributed by atoms with Gasteiger partial charge >= 0.3 is 0 Å². The number of amides is 1. The second-order valence-electron chi connectivity index (χ2n) is 6.66. The molecular formula is C21H28N4O2. The highest BCUT2D eigenvalue weighted by molar-refractivity contribution is 5.94. The molecule has 0 bridgehead atoms. The molecule has 27 heavy (non-hydrogen) atoms. The molecule has 2 aromatic rings. The van der Waals surface area contributed by atoms with Gasteiger partial charge < -0.3 is 19.9 Å². The maximum Gasteiger partial charge on any atom is 0.251 e. The lowest BCUT2D eigenvalue weighted by molar-refractivity contribution is 0.0953. The molecule has 1 aromatic heterocycles. The standard InChI is InChI=1S/C21H28N4O2/c1-3-4-10-23-21(26)17-9-11-22-20(16-17)25-14-12-24(13-15-25)18-7-5-6-8-19(18)27-2/h5-9,11,16H,3-4,10,12-15H2,1-2H3,(H,23,26). The summed E-state index contributed by atoms with van der Waals surface area (Å²) in [7, 11) is 1.70. The summed E-state index contributed by atoms with van der Waals surface area (Å²) in [6.45, 7) is 6.30. The predicted octanol–water partition coefficient (Wildman–Crippen LogP) is 2.95. The van der Waals surface area contributed by atoms with E-state index in [0.29, 0.717) is 12.1 Å². The van der Waals surface area contributed by atoms with Crippen molar-refractivity contribution in [3.8, 4) is 5.75 Å². The molecule has 0 atom stereocenters. The highest BCUT2D eigenvalue weighted by Crippen LogP contribution is 2.29. The molecule has 1 saturated heterocycles. The number of hydrogen-bond donors (Lipinski definition) is 1. The van der Waals surface area contributed by atoms with Gasteiger partial charge in [0.25, 0.3) is 5.91 Å². The third kappa shape index (κ3) is 4.70. The number of para-hydroxylation sites is 2. The van der Waals surface area contributed by atoms with Crippen molar-refractivity contribution >= 4 is 17.4 Å². The van der Waals surface area contributed by atoms with Crippen LogP contribution in [-0.2, 0) is 0 Å². The van der Waals surface area contributed by atoms with E-state index in [1.807, 2.05) is 24.3 Å². The lowest BCUT2D eigenvalue weighted by Gasteiger charge is -2.37. The first-order valence-corrected chi connectivity index (χ1v) is 9.60. The number of carbonyl (C=O) groups excluding carboxylic acids is 1. The molecule has 1 fully saturated rings. The zero-order valence-corrected chi connectivity index (χ0v) is 16.1. The number of pyridine rings is 1. The van der Waals surface area contributed by atoms with E-state index in [9.17, 15) is 4.79 Å². The highest BCUT2D eigenvalue weighted by Gasteiger charge is 2.21. The fourth-order valence-corrected chi connectivity index (χ4v) is 3.28. The van der Waals surface area contributed by atoms with Gasteiger partial charge in [0.05, 0.1) is 12.8 Å². The minimum absolute atomic E-state index is 0.0280. The van der Waals surface area contributed by atoms with Crippen LogP contribution in [0.2, 0.25) is 0 Å². The zero-order chi connectivity index (χ0) is 19.1. The lowest BCUT2D eigenvalue weighted by Crippen LogP contribution is -2.47. The molecule has 2 heterocycles. The molecule has 0 spiro atoms. The molecule has 0 aliphatic carbocycles. The molecule has 1 aliphatic rings. The van der Waals surface area contributed by atoms with Crippen LogP contribution < -0.4 is 19.9 Å². The Morgan fingerprint density at radius 3 is 2.63 bits per heavy atom. The van der Waals surface area contributed by atoms with Crippen molar-refractivity contribution in [2.45, 2.75) is 19.8 Å². The van der Waals surface area contributed by atoms with Crippen LogP contribution in [0.3, 0.4) is 0 Å².